The number of benzene rings is 1. The summed E-state index contributed by atoms with van der Waals surface area (Å²) in [6.07, 6.45) is -1.38. The number of hydrogen-bond donors (Lipinski definition) is 1. The first kappa shape index (κ1) is 18.5. The van der Waals surface area contributed by atoms with E-state index in [9.17, 15) is 13.2 Å². The smallest absolute Gasteiger partial charge is 0.310 e. The first-order valence-electron chi connectivity index (χ1n) is 7.35. The predicted octanol–water partition coefficient (Wildman–Crippen LogP) is 5.94. The highest BCUT2D eigenvalue weighted by Crippen LogP contribution is 2.36. The maximum atomic E-state index is 13.0. The monoisotopic (exact) mass is 365 g/mol. The Labute approximate surface area is 133 Å². The highest BCUT2D eigenvalue weighted by molar-refractivity contribution is 9.10. The van der Waals surface area contributed by atoms with Crippen LogP contribution in [0.15, 0.2) is 22.7 Å². The molecule has 0 spiro atoms. The third-order valence-corrected chi connectivity index (χ3v) is 4.11. The number of alkyl halides is 3. The number of nitrogens with one attached hydrogen (secondary N) is 1. The van der Waals surface area contributed by atoms with Crippen LogP contribution in [0, 0.1) is 5.92 Å². The van der Waals surface area contributed by atoms with Crippen LogP contribution in [0.2, 0.25) is 0 Å². The van der Waals surface area contributed by atoms with Crippen molar-refractivity contribution in [1.29, 1.82) is 0 Å². The molecule has 0 aliphatic heterocycles. The van der Waals surface area contributed by atoms with Gasteiger partial charge >= 0.3 is 6.18 Å². The molecule has 0 aliphatic rings. The fraction of sp³-hybridized carbons (Fsp3) is 0.625. The lowest BCUT2D eigenvalue weighted by Crippen LogP contribution is -2.21. The Morgan fingerprint density at radius 2 is 1.86 bits per heavy atom. The van der Waals surface area contributed by atoms with Crippen molar-refractivity contribution in [3.8, 4) is 0 Å². The normalized spacial score (nSPS) is 13.7. The quantitative estimate of drug-likeness (QED) is 0.629. The minimum absolute atomic E-state index is 0.0250. The lowest BCUT2D eigenvalue weighted by atomic mass is 9.96. The standard InChI is InChI=1S/C16H23BrF3N/c1-4-21-15(7-5-6-11(2)3)12-8-9-14(17)13(10-12)16(18,19)20/h8-11,15,21H,4-7H2,1-3H3. The van der Waals surface area contributed by atoms with Gasteiger partial charge in [-0.25, -0.2) is 0 Å². The summed E-state index contributed by atoms with van der Waals surface area (Å²) in [5, 5.41) is 3.29. The molecule has 0 bridgehead atoms. The second kappa shape index (κ2) is 8.18. The Morgan fingerprint density at radius 3 is 2.38 bits per heavy atom. The molecule has 1 unspecified atom stereocenters. The maximum Gasteiger partial charge on any atom is 0.417 e. The largest absolute Gasteiger partial charge is 0.417 e. The second-order valence-electron chi connectivity index (χ2n) is 5.67. The zero-order valence-electron chi connectivity index (χ0n) is 12.7. The van der Waals surface area contributed by atoms with Gasteiger partial charge in [-0.15, -0.1) is 0 Å². The Morgan fingerprint density at radius 1 is 1.19 bits per heavy atom. The van der Waals surface area contributed by atoms with Crippen LogP contribution in [-0.2, 0) is 6.18 Å². The van der Waals surface area contributed by atoms with E-state index in [-0.39, 0.29) is 10.5 Å². The van der Waals surface area contributed by atoms with E-state index in [2.05, 4.69) is 35.1 Å². The molecule has 1 rings (SSSR count). The molecule has 1 N–H and O–H groups in total. The van der Waals surface area contributed by atoms with Crippen LogP contribution >= 0.6 is 15.9 Å². The van der Waals surface area contributed by atoms with Crippen molar-refractivity contribution in [3.63, 3.8) is 0 Å². The molecule has 1 aromatic carbocycles. The molecule has 0 aliphatic carbocycles. The zero-order valence-corrected chi connectivity index (χ0v) is 14.3. The molecule has 1 aromatic rings. The average molecular weight is 366 g/mol. The molecule has 0 radical (unpaired) electrons. The van der Waals surface area contributed by atoms with E-state index < -0.39 is 11.7 Å². The summed E-state index contributed by atoms with van der Waals surface area (Å²) in [6.45, 7) is 7.02. The topological polar surface area (TPSA) is 12.0 Å². The van der Waals surface area contributed by atoms with Crippen molar-refractivity contribution in [3.05, 3.63) is 33.8 Å². The highest BCUT2D eigenvalue weighted by atomic mass is 79.9. The van der Waals surface area contributed by atoms with Crippen LogP contribution in [0.5, 0.6) is 0 Å². The first-order valence-corrected chi connectivity index (χ1v) is 8.15. The van der Waals surface area contributed by atoms with Gasteiger partial charge in [0.2, 0.25) is 0 Å². The molecule has 0 saturated heterocycles. The van der Waals surface area contributed by atoms with Gasteiger partial charge in [-0.2, -0.15) is 13.2 Å². The van der Waals surface area contributed by atoms with Crippen molar-refractivity contribution in [2.24, 2.45) is 5.92 Å². The van der Waals surface area contributed by atoms with Gasteiger partial charge in [0, 0.05) is 10.5 Å². The minimum atomic E-state index is -4.33. The lowest BCUT2D eigenvalue weighted by molar-refractivity contribution is -0.138. The fourth-order valence-corrected chi connectivity index (χ4v) is 2.81. The van der Waals surface area contributed by atoms with E-state index in [0.29, 0.717) is 11.5 Å². The molecule has 5 heteroatoms. The Hall–Kier alpha value is -0.550. The minimum Gasteiger partial charge on any atom is -0.310 e. The predicted molar refractivity (Wildman–Crippen MR) is 84.3 cm³/mol. The van der Waals surface area contributed by atoms with Crippen LogP contribution in [-0.4, -0.2) is 6.54 Å². The summed E-state index contributed by atoms with van der Waals surface area (Å²) in [5.41, 5.74) is 0.0999. The van der Waals surface area contributed by atoms with Gasteiger partial charge < -0.3 is 5.32 Å². The third kappa shape index (κ3) is 5.99. The van der Waals surface area contributed by atoms with Crippen molar-refractivity contribution in [2.75, 3.05) is 6.54 Å². The van der Waals surface area contributed by atoms with Gasteiger partial charge in [-0.05, 0) is 36.6 Å². The van der Waals surface area contributed by atoms with Crippen LogP contribution in [0.3, 0.4) is 0 Å². The van der Waals surface area contributed by atoms with Gasteiger partial charge in [-0.3, -0.25) is 0 Å². The van der Waals surface area contributed by atoms with E-state index in [1.54, 1.807) is 6.07 Å². The molecular weight excluding hydrogens is 343 g/mol. The van der Waals surface area contributed by atoms with Crippen molar-refractivity contribution in [2.45, 2.75) is 52.3 Å². The molecule has 0 heterocycles. The SMILES string of the molecule is CCNC(CCCC(C)C)c1ccc(Br)c(C(F)(F)F)c1. The third-order valence-electron chi connectivity index (χ3n) is 3.42. The molecule has 0 saturated carbocycles. The highest BCUT2D eigenvalue weighted by Gasteiger charge is 2.33. The molecule has 120 valence electrons. The molecular formula is C16H23BrF3N. The molecule has 0 aromatic heterocycles. The van der Waals surface area contributed by atoms with Gasteiger partial charge in [0.15, 0.2) is 0 Å². The van der Waals surface area contributed by atoms with Gasteiger partial charge in [-0.1, -0.05) is 55.6 Å². The zero-order chi connectivity index (χ0) is 16.0. The molecule has 1 nitrogen and oxygen atoms in total. The van der Waals surface area contributed by atoms with Crippen LogP contribution in [0.1, 0.15) is 57.2 Å². The average Bonchev–Trinajstić information content (AvgIpc) is 2.36. The second-order valence-corrected chi connectivity index (χ2v) is 6.53. The van der Waals surface area contributed by atoms with E-state index in [0.717, 1.165) is 25.8 Å². The van der Waals surface area contributed by atoms with E-state index in [4.69, 9.17) is 0 Å². The van der Waals surface area contributed by atoms with Crippen molar-refractivity contribution in [1.82, 2.24) is 5.32 Å². The summed E-state index contributed by atoms with van der Waals surface area (Å²) in [5.74, 6) is 0.614. The fourth-order valence-electron chi connectivity index (χ4n) is 2.34. The van der Waals surface area contributed by atoms with Crippen LogP contribution < -0.4 is 5.32 Å². The van der Waals surface area contributed by atoms with Crippen LogP contribution in [0.4, 0.5) is 13.2 Å². The van der Waals surface area contributed by atoms with Crippen molar-refractivity contribution >= 4 is 15.9 Å². The lowest BCUT2D eigenvalue weighted by Gasteiger charge is -2.21. The summed E-state index contributed by atoms with van der Waals surface area (Å²) >= 11 is 2.99. The Bertz CT molecular complexity index is 444. The first-order chi connectivity index (χ1) is 9.75. The summed E-state index contributed by atoms with van der Waals surface area (Å²) < 4.78 is 39.0. The number of hydrogen-bond acceptors (Lipinski definition) is 1. The summed E-state index contributed by atoms with van der Waals surface area (Å²) in [7, 11) is 0. The van der Waals surface area contributed by atoms with Gasteiger partial charge in [0.25, 0.3) is 0 Å². The van der Waals surface area contributed by atoms with Gasteiger partial charge in [0.1, 0.15) is 0 Å². The van der Waals surface area contributed by atoms with E-state index in [1.165, 1.54) is 12.1 Å². The van der Waals surface area contributed by atoms with Crippen molar-refractivity contribution < 1.29 is 13.2 Å². The molecule has 0 amide bonds. The molecule has 1 atom stereocenters. The van der Waals surface area contributed by atoms with Crippen LogP contribution in [0.25, 0.3) is 0 Å². The Balaban J connectivity index is 2.92. The Kier molecular flexibility index (Phi) is 7.21. The number of halogens is 4. The van der Waals surface area contributed by atoms with E-state index in [1.807, 2.05) is 6.92 Å². The molecule has 0 fully saturated rings. The number of rotatable bonds is 7. The summed E-state index contributed by atoms with van der Waals surface area (Å²) in [4.78, 5) is 0. The summed E-state index contributed by atoms with van der Waals surface area (Å²) in [6, 6.07) is 4.49. The van der Waals surface area contributed by atoms with Gasteiger partial charge in [0.05, 0.1) is 5.56 Å². The maximum absolute atomic E-state index is 13.0. The van der Waals surface area contributed by atoms with E-state index >= 15 is 0 Å². The molecule has 21 heavy (non-hydrogen) atoms.